The lowest BCUT2D eigenvalue weighted by Crippen LogP contribution is -2.07. The van der Waals surface area contributed by atoms with Crippen molar-refractivity contribution >= 4 is 5.95 Å². The van der Waals surface area contributed by atoms with Gasteiger partial charge in [0.25, 0.3) is 0 Å². The molecule has 0 bridgehead atoms. The third kappa shape index (κ3) is 2.03. The van der Waals surface area contributed by atoms with Gasteiger partial charge in [-0.25, -0.2) is 9.37 Å². The first kappa shape index (κ1) is 11.1. The van der Waals surface area contributed by atoms with Crippen LogP contribution in [0, 0.1) is 5.82 Å². The van der Waals surface area contributed by atoms with Gasteiger partial charge in [0.15, 0.2) is 11.6 Å². The standard InChI is InChI=1S/C13H14FN3O/c1-18-12-5-4-10(8-11(12)14)17-7-6-15-13(17)16-9-2-3-9/h4-9H,2-3H2,1H3,(H,15,16). The van der Waals surface area contributed by atoms with Gasteiger partial charge in [-0.1, -0.05) is 0 Å². The van der Waals surface area contributed by atoms with E-state index in [0.29, 0.717) is 6.04 Å². The number of halogens is 1. The van der Waals surface area contributed by atoms with E-state index in [2.05, 4.69) is 10.3 Å². The summed E-state index contributed by atoms with van der Waals surface area (Å²) in [6, 6.07) is 5.38. The summed E-state index contributed by atoms with van der Waals surface area (Å²) in [5.41, 5.74) is 0.731. The number of imidazole rings is 1. The summed E-state index contributed by atoms with van der Waals surface area (Å²) in [5.74, 6) is 0.624. The Morgan fingerprint density at radius 2 is 2.28 bits per heavy atom. The Hall–Kier alpha value is -2.04. The van der Waals surface area contributed by atoms with E-state index in [1.807, 2.05) is 16.8 Å². The van der Waals surface area contributed by atoms with Crippen LogP contribution in [0.5, 0.6) is 5.75 Å². The molecule has 18 heavy (non-hydrogen) atoms. The Labute approximate surface area is 104 Å². The number of hydrogen-bond donors (Lipinski definition) is 1. The van der Waals surface area contributed by atoms with Crippen molar-refractivity contribution in [3.8, 4) is 11.4 Å². The van der Waals surface area contributed by atoms with Crippen molar-refractivity contribution in [2.45, 2.75) is 18.9 Å². The number of hydrogen-bond acceptors (Lipinski definition) is 3. The van der Waals surface area contributed by atoms with Gasteiger partial charge in [0.05, 0.1) is 12.8 Å². The number of rotatable bonds is 4. The molecule has 1 aromatic heterocycles. The fourth-order valence-electron chi connectivity index (χ4n) is 1.83. The molecule has 0 amide bonds. The lowest BCUT2D eigenvalue weighted by molar-refractivity contribution is 0.386. The zero-order chi connectivity index (χ0) is 12.5. The maximum absolute atomic E-state index is 13.7. The molecular weight excluding hydrogens is 233 g/mol. The Kier molecular flexibility index (Phi) is 2.66. The molecule has 0 saturated heterocycles. The van der Waals surface area contributed by atoms with E-state index in [1.165, 1.54) is 26.0 Å². The van der Waals surface area contributed by atoms with Crippen LogP contribution in [0.3, 0.4) is 0 Å². The van der Waals surface area contributed by atoms with Crippen LogP contribution in [0.15, 0.2) is 30.6 Å². The first-order valence-electron chi connectivity index (χ1n) is 5.92. The van der Waals surface area contributed by atoms with Gasteiger partial charge in [-0.2, -0.15) is 0 Å². The molecule has 1 aliphatic carbocycles. The highest BCUT2D eigenvalue weighted by Crippen LogP contribution is 2.26. The molecule has 1 heterocycles. The smallest absolute Gasteiger partial charge is 0.207 e. The molecular formula is C13H14FN3O. The van der Waals surface area contributed by atoms with Crippen LogP contribution < -0.4 is 10.1 Å². The molecule has 1 aromatic carbocycles. The fourth-order valence-corrected chi connectivity index (χ4v) is 1.83. The minimum atomic E-state index is -0.374. The highest BCUT2D eigenvalue weighted by Gasteiger charge is 2.22. The summed E-state index contributed by atoms with van der Waals surface area (Å²) >= 11 is 0. The quantitative estimate of drug-likeness (QED) is 0.902. The zero-order valence-electron chi connectivity index (χ0n) is 10.1. The number of aromatic nitrogens is 2. The van der Waals surface area contributed by atoms with Gasteiger partial charge in [0.2, 0.25) is 5.95 Å². The molecule has 1 fully saturated rings. The Bertz CT molecular complexity index is 563. The topological polar surface area (TPSA) is 39.1 Å². The van der Waals surface area contributed by atoms with Crippen LogP contribution in [-0.4, -0.2) is 22.7 Å². The van der Waals surface area contributed by atoms with Gasteiger partial charge < -0.3 is 10.1 Å². The van der Waals surface area contributed by atoms with Gasteiger partial charge in [0, 0.05) is 24.5 Å². The lowest BCUT2D eigenvalue weighted by atomic mass is 10.3. The number of nitrogens with zero attached hydrogens (tertiary/aromatic N) is 2. The third-order valence-electron chi connectivity index (χ3n) is 2.96. The molecule has 1 N–H and O–H groups in total. The second-order valence-electron chi connectivity index (χ2n) is 4.36. The Morgan fingerprint density at radius 1 is 1.44 bits per heavy atom. The van der Waals surface area contributed by atoms with Gasteiger partial charge in [-0.3, -0.25) is 4.57 Å². The predicted octanol–water partition coefficient (Wildman–Crippen LogP) is 2.59. The summed E-state index contributed by atoms with van der Waals surface area (Å²) in [6.45, 7) is 0. The molecule has 94 valence electrons. The summed E-state index contributed by atoms with van der Waals surface area (Å²) in [4.78, 5) is 4.24. The van der Waals surface area contributed by atoms with Crippen molar-refractivity contribution < 1.29 is 9.13 Å². The molecule has 5 heteroatoms. The average molecular weight is 247 g/mol. The first-order chi connectivity index (χ1) is 8.78. The summed E-state index contributed by atoms with van der Waals surface area (Å²) in [7, 11) is 1.45. The highest BCUT2D eigenvalue weighted by molar-refractivity contribution is 5.45. The maximum atomic E-state index is 13.7. The second kappa shape index (κ2) is 4.33. The molecule has 0 spiro atoms. The van der Waals surface area contributed by atoms with Crippen molar-refractivity contribution in [2.24, 2.45) is 0 Å². The Morgan fingerprint density at radius 3 is 2.94 bits per heavy atom. The van der Waals surface area contributed by atoms with Gasteiger partial charge in [-0.05, 0) is 25.0 Å². The van der Waals surface area contributed by atoms with Crippen molar-refractivity contribution in [2.75, 3.05) is 12.4 Å². The van der Waals surface area contributed by atoms with Crippen LogP contribution in [0.1, 0.15) is 12.8 Å². The third-order valence-corrected chi connectivity index (χ3v) is 2.96. The van der Waals surface area contributed by atoms with E-state index in [-0.39, 0.29) is 11.6 Å². The minimum Gasteiger partial charge on any atom is -0.494 e. The van der Waals surface area contributed by atoms with Gasteiger partial charge in [0.1, 0.15) is 0 Å². The summed E-state index contributed by atoms with van der Waals surface area (Å²) < 4.78 is 20.4. The number of nitrogens with one attached hydrogen (secondary N) is 1. The number of methoxy groups -OCH3 is 1. The van der Waals surface area contributed by atoms with Crippen molar-refractivity contribution in [3.63, 3.8) is 0 Å². The molecule has 4 nitrogen and oxygen atoms in total. The maximum Gasteiger partial charge on any atom is 0.207 e. The van der Waals surface area contributed by atoms with Crippen LogP contribution in [-0.2, 0) is 0 Å². The van der Waals surface area contributed by atoms with E-state index in [9.17, 15) is 4.39 Å². The van der Waals surface area contributed by atoms with Crippen LogP contribution in [0.2, 0.25) is 0 Å². The molecule has 0 unspecified atom stereocenters. The molecule has 0 aliphatic heterocycles. The van der Waals surface area contributed by atoms with Crippen molar-refractivity contribution in [1.82, 2.24) is 9.55 Å². The monoisotopic (exact) mass is 247 g/mol. The number of benzene rings is 1. The zero-order valence-corrected chi connectivity index (χ0v) is 10.1. The van der Waals surface area contributed by atoms with Gasteiger partial charge in [-0.15, -0.1) is 0 Å². The van der Waals surface area contributed by atoms with E-state index in [4.69, 9.17) is 4.74 Å². The fraction of sp³-hybridized carbons (Fsp3) is 0.308. The van der Waals surface area contributed by atoms with E-state index >= 15 is 0 Å². The molecule has 1 saturated carbocycles. The number of ether oxygens (including phenoxy) is 1. The SMILES string of the molecule is COc1ccc(-n2ccnc2NC2CC2)cc1F. The van der Waals surface area contributed by atoms with Crippen molar-refractivity contribution in [3.05, 3.63) is 36.4 Å². The van der Waals surface area contributed by atoms with Crippen LogP contribution >= 0.6 is 0 Å². The lowest BCUT2D eigenvalue weighted by Gasteiger charge is -2.10. The number of anilines is 1. The summed E-state index contributed by atoms with van der Waals surface area (Å²) in [6.07, 6.45) is 5.85. The Balaban J connectivity index is 1.93. The van der Waals surface area contributed by atoms with Gasteiger partial charge >= 0.3 is 0 Å². The first-order valence-corrected chi connectivity index (χ1v) is 5.92. The normalized spacial score (nSPS) is 14.6. The molecule has 3 rings (SSSR count). The predicted molar refractivity (Wildman–Crippen MR) is 66.7 cm³/mol. The summed E-state index contributed by atoms with van der Waals surface area (Å²) in [5, 5.41) is 3.31. The average Bonchev–Trinajstić information content (AvgIpc) is 3.05. The molecule has 0 radical (unpaired) electrons. The highest BCUT2D eigenvalue weighted by atomic mass is 19.1. The van der Waals surface area contributed by atoms with Crippen LogP contribution in [0.4, 0.5) is 10.3 Å². The van der Waals surface area contributed by atoms with E-state index in [0.717, 1.165) is 11.6 Å². The molecule has 1 aliphatic rings. The largest absolute Gasteiger partial charge is 0.494 e. The van der Waals surface area contributed by atoms with E-state index < -0.39 is 0 Å². The molecule has 0 atom stereocenters. The van der Waals surface area contributed by atoms with Crippen LogP contribution in [0.25, 0.3) is 5.69 Å². The van der Waals surface area contributed by atoms with E-state index in [1.54, 1.807) is 12.3 Å². The molecule has 2 aromatic rings. The van der Waals surface area contributed by atoms with Crippen molar-refractivity contribution in [1.29, 1.82) is 0 Å². The minimum absolute atomic E-state index is 0.246. The second-order valence-corrected chi connectivity index (χ2v) is 4.36.